The minimum Gasteiger partial charge on any atom is -0.360 e. The summed E-state index contributed by atoms with van der Waals surface area (Å²) in [4.78, 5) is 12.8. The van der Waals surface area contributed by atoms with Crippen LogP contribution >= 0.6 is 0 Å². The molecule has 1 N–H and O–H groups in total. The van der Waals surface area contributed by atoms with Gasteiger partial charge in [0.25, 0.3) is 0 Å². The minimum atomic E-state index is -0.464. The molecule has 0 spiro atoms. The summed E-state index contributed by atoms with van der Waals surface area (Å²) in [5, 5.41) is 11.2. The van der Waals surface area contributed by atoms with Crippen molar-refractivity contribution >= 4 is 17.0 Å². The minimum absolute atomic E-state index is 0.464. The van der Waals surface area contributed by atoms with Gasteiger partial charge >= 0.3 is 0 Å². The number of fused-ring (bicyclic) bond motifs is 1. The molecule has 4 heteroatoms. The van der Waals surface area contributed by atoms with Gasteiger partial charge in [0.05, 0.1) is 4.92 Å². The van der Waals surface area contributed by atoms with E-state index in [-0.39, 0.29) is 0 Å². The van der Waals surface area contributed by atoms with Crippen molar-refractivity contribution in [1.82, 2.24) is 4.98 Å². The molecule has 15 heavy (non-hydrogen) atoms. The van der Waals surface area contributed by atoms with Crippen molar-refractivity contribution in [2.24, 2.45) is 0 Å². The molecule has 2 rings (SSSR count). The van der Waals surface area contributed by atoms with E-state index in [1.165, 1.54) is 6.08 Å². The van der Waals surface area contributed by atoms with Gasteiger partial charge in [-0.2, -0.15) is 0 Å². The SMILES string of the molecule is Cc1cccc2c(/C=C\[N+](=O)[O-])c[nH]c12. The van der Waals surface area contributed by atoms with Gasteiger partial charge in [0.1, 0.15) is 0 Å². The van der Waals surface area contributed by atoms with E-state index in [2.05, 4.69) is 4.98 Å². The zero-order chi connectivity index (χ0) is 10.8. The molecule has 1 aromatic heterocycles. The maximum Gasteiger partial charge on any atom is 0.235 e. The summed E-state index contributed by atoms with van der Waals surface area (Å²) in [5.41, 5.74) is 3.00. The molecule has 4 nitrogen and oxygen atoms in total. The first-order valence-electron chi connectivity index (χ1n) is 4.57. The fourth-order valence-electron chi connectivity index (χ4n) is 1.61. The number of rotatable bonds is 2. The molecule has 1 aromatic carbocycles. The predicted molar refractivity (Wildman–Crippen MR) is 59.1 cm³/mol. The van der Waals surface area contributed by atoms with Gasteiger partial charge < -0.3 is 4.98 Å². The van der Waals surface area contributed by atoms with Gasteiger partial charge in [0.2, 0.25) is 6.20 Å². The Hall–Kier alpha value is -2.10. The monoisotopic (exact) mass is 202 g/mol. The summed E-state index contributed by atoms with van der Waals surface area (Å²) in [7, 11) is 0. The molecule has 2 aromatic rings. The second-order valence-electron chi connectivity index (χ2n) is 3.34. The first-order valence-corrected chi connectivity index (χ1v) is 4.57. The van der Waals surface area contributed by atoms with E-state index in [1.807, 2.05) is 25.1 Å². The van der Waals surface area contributed by atoms with Gasteiger partial charge in [-0.3, -0.25) is 10.1 Å². The van der Waals surface area contributed by atoms with E-state index in [1.54, 1.807) is 6.20 Å². The highest BCUT2D eigenvalue weighted by Crippen LogP contribution is 2.21. The van der Waals surface area contributed by atoms with Crippen LogP contribution in [-0.2, 0) is 0 Å². The highest BCUT2D eigenvalue weighted by molar-refractivity contribution is 5.90. The number of H-pyrrole nitrogens is 1. The highest BCUT2D eigenvalue weighted by Gasteiger charge is 2.02. The third-order valence-electron chi connectivity index (χ3n) is 2.33. The Morgan fingerprint density at radius 1 is 1.47 bits per heavy atom. The largest absolute Gasteiger partial charge is 0.360 e. The summed E-state index contributed by atoms with van der Waals surface area (Å²) in [6.45, 7) is 2.00. The number of nitrogens with one attached hydrogen (secondary N) is 1. The summed E-state index contributed by atoms with van der Waals surface area (Å²) < 4.78 is 0. The molecular weight excluding hydrogens is 192 g/mol. The molecular formula is C11H10N2O2. The number of aryl methyl sites for hydroxylation is 1. The number of aromatic nitrogens is 1. The van der Waals surface area contributed by atoms with Crippen molar-refractivity contribution < 1.29 is 4.92 Å². The lowest BCUT2D eigenvalue weighted by Crippen LogP contribution is -1.81. The lowest BCUT2D eigenvalue weighted by Gasteiger charge is -1.94. The van der Waals surface area contributed by atoms with Crippen LogP contribution in [0.5, 0.6) is 0 Å². The van der Waals surface area contributed by atoms with E-state index in [9.17, 15) is 10.1 Å². The summed E-state index contributed by atoms with van der Waals surface area (Å²) in [5.74, 6) is 0. The molecule has 0 unspecified atom stereocenters. The van der Waals surface area contributed by atoms with Crippen LogP contribution in [0.4, 0.5) is 0 Å². The Morgan fingerprint density at radius 2 is 2.27 bits per heavy atom. The molecule has 0 aliphatic carbocycles. The van der Waals surface area contributed by atoms with E-state index < -0.39 is 4.92 Å². The third kappa shape index (κ3) is 1.74. The Kier molecular flexibility index (Phi) is 2.25. The Labute approximate surface area is 86.4 Å². The van der Waals surface area contributed by atoms with Crippen molar-refractivity contribution in [2.75, 3.05) is 0 Å². The molecule has 0 radical (unpaired) electrons. The maximum atomic E-state index is 10.2. The van der Waals surface area contributed by atoms with Crippen molar-refractivity contribution in [3.8, 4) is 0 Å². The Balaban J connectivity index is 2.54. The van der Waals surface area contributed by atoms with Crippen molar-refractivity contribution in [3.05, 3.63) is 51.8 Å². The first kappa shape index (κ1) is 9.45. The Bertz CT molecular complexity index is 541. The molecule has 0 amide bonds. The van der Waals surface area contributed by atoms with E-state index in [4.69, 9.17) is 0 Å². The van der Waals surface area contributed by atoms with Gasteiger partial charge in [0, 0.05) is 28.7 Å². The van der Waals surface area contributed by atoms with Gasteiger partial charge in [-0.15, -0.1) is 0 Å². The topological polar surface area (TPSA) is 58.9 Å². The predicted octanol–water partition coefficient (Wildman–Crippen LogP) is 2.72. The summed E-state index contributed by atoms with van der Waals surface area (Å²) in [6.07, 6.45) is 4.22. The lowest BCUT2D eigenvalue weighted by atomic mass is 10.1. The molecule has 0 bridgehead atoms. The number of benzene rings is 1. The van der Waals surface area contributed by atoms with E-state index in [0.29, 0.717) is 0 Å². The van der Waals surface area contributed by atoms with Gasteiger partial charge in [-0.05, 0) is 12.5 Å². The zero-order valence-electron chi connectivity index (χ0n) is 8.23. The van der Waals surface area contributed by atoms with Gasteiger partial charge in [-0.1, -0.05) is 18.2 Å². The second kappa shape index (κ2) is 3.57. The average molecular weight is 202 g/mol. The lowest BCUT2D eigenvalue weighted by molar-refractivity contribution is -0.400. The van der Waals surface area contributed by atoms with Crippen molar-refractivity contribution in [3.63, 3.8) is 0 Å². The average Bonchev–Trinajstić information content (AvgIpc) is 2.59. The van der Waals surface area contributed by atoms with Crippen LogP contribution in [0, 0.1) is 17.0 Å². The molecule has 0 atom stereocenters. The summed E-state index contributed by atoms with van der Waals surface area (Å²) >= 11 is 0. The normalized spacial score (nSPS) is 11.3. The third-order valence-corrected chi connectivity index (χ3v) is 2.33. The van der Waals surface area contributed by atoms with Crippen LogP contribution in [0.25, 0.3) is 17.0 Å². The molecule has 0 aliphatic heterocycles. The number of aromatic amines is 1. The molecule has 1 heterocycles. The fourth-order valence-corrected chi connectivity index (χ4v) is 1.61. The van der Waals surface area contributed by atoms with Crippen LogP contribution in [0.1, 0.15) is 11.1 Å². The molecule has 0 aliphatic rings. The van der Waals surface area contributed by atoms with E-state index in [0.717, 1.165) is 28.2 Å². The molecule has 0 saturated carbocycles. The fraction of sp³-hybridized carbons (Fsp3) is 0.0909. The Morgan fingerprint density at radius 3 is 3.00 bits per heavy atom. The number of hydrogen-bond donors (Lipinski definition) is 1. The van der Waals surface area contributed by atoms with Crippen molar-refractivity contribution in [2.45, 2.75) is 6.92 Å². The smallest absolute Gasteiger partial charge is 0.235 e. The van der Waals surface area contributed by atoms with Gasteiger partial charge in [-0.25, -0.2) is 0 Å². The molecule has 76 valence electrons. The van der Waals surface area contributed by atoms with Crippen LogP contribution in [0.2, 0.25) is 0 Å². The van der Waals surface area contributed by atoms with E-state index >= 15 is 0 Å². The molecule has 0 fully saturated rings. The maximum absolute atomic E-state index is 10.2. The van der Waals surface area contributed by atoms with Crippen LogP contribution in [0.3, 0.4) is 0 Å². The first-order chi connectivity index (χ1) is 7.18. The second-order valence-corrected chi connectivity index (χ2v) is 3.34. The molecule has 0 saturated heterocycles. The number of nitro groups is 1. The van der Waals surface area contributed by atoms with Crippen LogP contribution in [-0.4, -0.2) is 9.91 Å². The van der Waals surface area contributed by atoms with Crippen molar-refractivity contribution in [1.29, 1.82) is 0 Å². The number of hydrogen-bond acceptors (Lipinski definition) is 2. The quantitative estimate of drug-likeness (QED) is 0.601. The zero-order valence-corrected chi connectivity index (χ0v) is 8.23. The summed E-state index contributed by atoms with van der Waals surface area (Å²) in [6, 6.07) is 5.88. The van der Waals surface area contributed by atoms with Gasteiger partial charge in [0.15, 0.2) is 0 Å². The van der Waals surface area contributed by atoms with Crippen LogP contribution in [0.15, 0.2) is 30.6 Å². The highest BCUT2D eigenvalue weighted by atomic mass is 16.6. The number of para-hydroxylation sites is 1. The standard InChI is InChI=1S/C11H10N2O2/c1-8-3-2-4-10-9(5-6-13(14)15)7-12-11(8)10/h2-7,12H,1H3/b6-5-. The number of nitrogens with zero attached hydrogens (tertiary/aromatic N) is 1. The van der Waals surface area contributed by atoms with Crippen LogP contribution < -0.4 is 0 Å².